The molecule has 0 radical (unpaired) electrons. The number of likely N-dealkylation sites (tertiary alicyclic amines) is 1. The first-order valence-corrected chi connectivity index (χ1v) is 18.0. The number of fused-ring (bicyclic) bond motifs is 1. The number of carbonyl (C=O) groups is 6. The van der Waals surface area contributed by atoms with E-state index in [-0.39, 0.29) is 38.3 Å². The predicted octanol–water partition coefficient (Wildman–Crippen LogP) is 1.27. The minimum Gasteiger partial charge on any atom is -0.465 e. The molecule has 2 fully saturated rings. The maximum atomic E-state index is 14.8. The van der Waals surface area contributed by atoms with E-state index in [1.54, 1.807) is 38.2 Å². The maximum absolute atomic E-state index is 14.8. The Balaban J connectivity index is 1.44. The maximum Gasteiger partial charge on any atom is 0.404 e. The average Bonchev–Trinajstić information content (AvgIpc) is 3.90. The highest BCUT2D eigenvalue weighted by molar-refractivity contribution is 6.37. The van der Waals surface area contributed by atoms with E-state index in [0.29, 0.717) is 35.0 Å². The number of carboxylic acid groups (broad SMARTS) is 1. The third-order valence-corrected chi connectivity index (χ3v) is 10.1. The lowest BCUT2D eigenvalue weighted by Gasteiger charge is -2.32. The van der Waals surface area contributed by atoms with Crippen molar-refractivity contribution in [1.82, 2.24) is 46.0 Å². The third kappa shape index (κ3) is 9.54. The summed E-state index contributed by atoms with van der Waals surface area (Å²) in [5, 5.41) is 43.2. The molecule has 53 heavy (non-hydrogen) atoms. The Morgan fingerprint density at radius 3 is 2.49 bits per heavy atom. The second kappa shape index (κ2) is 17.0. The van der Waals surface area contributed by atoms with Gasteiger partial charge in [-0.25, -0.2) is 9.48 Å². The van der Waals surface area contributed by atoms with Crippen LogP contribution in [0.3, 0.4) is 0 Å². The van der Waals surface area contributed by atoms with Crippen molar-refractivity contribution in [3.8, 4) is 0 Å². The Morgan fingerprint density at radius 2 is 1.79 bits per heavy atom. The summed E-state index contributed by atoms with van der Waals surface area (Å²) in [6, 6.07) is 0.996. The first-order valence-electron chi connectivity index (χ1n) is 18.0. The summed E-state index contributed by atoms with van der Waals surface area (Å²) >= 11 is 0. The van der Waals surface area contributed by atoms with Crippen molar-refractivity contribution in [3.63, 3.8) is 0 Å². The first kappa shape index (κ1) is 38.8. The molecule has 2 aromatic heterocycles. The van der Waals surface area contributed by atoms with Crippen LogP contribution < -0.4 is 21.7 Å². The Bertz CT molecular complexity index is 1810. The standard InChI is InChI=1S/C35H48N10O8/c1-35(2,53)28-18-39-43-45(28)21-16-27(32(49)40-25(29(46)30(36)47)12-6-7-14-37-34(51)52)44(19-21)33(50)26(15-20-9-4-3-5-10-20)41-31(48)22-11-8-13-24-23(22)17-38-42-24/h8,11,13,17-18,20-21,25-27,37,53H,3-7,9-10,12,14-16,19H2,1-2H3,(H2,36,47)(H,38,42)(H,40,49)(H,41,48)(H,51,52)/t21-,25?,26?,27-/m0/s1. The largest absolute Gasteiger partial charge is 0.465 e. The zero-order valence-corrected chi connectivity index (χ0v) is 29.9. The third-order valence-electron chi connectivity index (χ3n) is 10.1. The molecule has 0 bridgehead atoms. The number of nitrogens with zero attached hydrogens (tertiary/aromatic N) is 5. The average molecular weight is 737 g/mol. The van der Waals surface area contributed by atoms with Gasteiger partial charge in [0, 0.05) is 24.9 Å². The number of unbranched alkanes of at least 4 members (excludes halogenated alkanes) is 1. The monoisotopic (exact) mass is 736 g/mol. The summed E-state index contributed by atoms with van der Waals surface area (Å²) in [7, 11) is 0. The van der Waals surface area contributed by atoms with Crippen molar-refractivity contribution in [2.75, 3.05) is 13.1 Å². The van der Waals surface area contributed by atoms with Crippen LogP contribution >= 0.6 is 0 Å². The number of primary amides is 1. The summed E-state index contributed by atoms with van der Waals surface area (Å²) in [6.07, 6.45) is 7.53. The van der Waals surface area contributed by atoms with Gasteiger partial charge in [-0.3, -0.25) is 29.1 Å². The molecule has 5 amide bonds. The van der Waals surface area contributed by atoms with Gasteiger partial charge in [-0.15, -0.1) is 5.10 Å². The predicted molar refractivity (Wildman–Crippen MR) is 189 cm³/mol. The Labute approximate surface area is 305 Å². The van der Waals surface area contributed by atoms with E-state index < -0.39 is 65.3 Å². The smallest absolute Gasteiger partial charge is 0.404 e. The van der Waals surface area contributed by atoms with Crippen molar-refractivity contribution < 1.29 is 39.0 Å². The molecule has 18 nitrogen and oxygen atoms in total. The number of aromatic amines is 1. The molecule has 1 aliphatic carbocycles. The Hall–Kier alpha value is -5.39. The van der Waals surface area contributed by atoms with Gasteiger partial charge < -0.3 is 36.8 Å². The number of hydrogen-bond acceptors (Lipinski definition) is 10. The molecule has 1 aliphatic heterocycles. The number of H-pyrrole nitrogens is 1. The summed E-state index contributed by atoms with van der Waals surface area (Å²) in [5.74, 6) is -3.84. The number of nitrogens with two attached hydrogens (primary N) is 1. The van der Waals surface area contributed by atoms with Crippen molar-refractivity contribution in [2.24, 2.45) is 11.7 Å². The Morgan fingerprint density at radius 1 is 1.04 bits per heavy atom. The first-order chi connectivity index (χ1) is 25.2. The highest BCUT2D eigenvalue weighted by atomic mass is 16.4. The van der Waals surface area contributed by atoms with E-state index in [9.17, 15) is 33.9 Å². The number of amides is 5. The molecule has 3 aromatic rings. The summed E-state index contributed by atoms with van der Waals surface area (Å²) in [5.41, 5.74) is 5.30. The van der Waals surface area contributed by atoms with Crippen LogP contribution in [0.5, 0.6) is 0 Å². The molecular weight excluding hydrogens is 688 g/mol. The van der Waals surface area contributed by atoms with E-state index in [4.69, 9.17) is 10.8 Å². The van der Waals surface area contributed by atoms with E-state index in [1.165, 1.54) is 15.8 Å². The topological polar surface area (TPSA) is 268 Å². The summed E-state index contributed by atoms with van der Waals surface area (Å²) in [4.78, 5) is 79.8. The molecule has 5 rings (SSSR count). The van der Waals surface area contributed by atoms with Gasteiger partial charge in [0.25, 0.3) is 11.8 Å². The van der Waals surface area contributed by atoms with E-state index >= 15 is 0 Å². The van der Waals surface area contributed by atoms with Gasteiger partial charge in [0.05, 0.1) is 41.3 Å². The molecule has 4 atom stereocenters. The fraction of sp³-hybridized carbons (Fsp3) is 0.571. The summed E-state index contributed by atoms with van der Waals surface area (Å²) in [6.45, 7) is 3.18. The van der Waals surface area contributed by atoms with Crippen LogP contribution in [-0.2, 0) is 24.8 Å². The normalized spacial score (nSPS) is 19.0. The molecule has 1 saturated heterocycles. The number of aromatic nitrogens is 5. The number of ketones is 1. The van der Waals surface area contributed by atoms with Gasteiger partial charge in [0.1, 0.15) is 17.7 Å². The molecule has 8 N–H and O–H groups in total. The number of nitrogens with one attached hydrogen (secondary N) is 4. The molecule has 0 spiro atoms. The van der Waals surface area contributed by atoms with Gasteiger partial charge in [-0.05, 0) is 57.6 Å². The number of carbonyl (C=O) groups excluding carboxylic acids is 5. The number of aliphatic hydroxyl groups is 1. The number of Topliss-reactive ketones (excluding diaryl/α,β-unsaturated/α-hetero) is 1. The quantitative estimate of drug-likeness (QED) is 0.0813. The highest BCUT2D eigenvalue weighted by Gasteiger charge is 2.45. The van der Waals surface area contributed by atoms with E-state index in [0.717, 1.165) is 32.1 Å². The number of rotatable bonds is 16. The van der Waals surface area contributed by atoms with Crippen molar-refractivity contribution in [1.29, 1.82) is 0 Å². The minimum atomic E-state index is -1.36. The van der Waals surface area contributed by atoms with E-state index in [1.807, 2.05) is 0 Å². The number of benzene rings is 1. The second-order valence-corrected chi connectivity index (χ2v) is 14.4. The second-order valence-electron chi connectivity index (χ2n) is 14.4. The van der Waals surface area contributed by atoms with Gasteiger partial charge >= 0.3 is 6.09 Å². The fourth-order valence-electron chi connectivity index (χ4n) is 7.39. The molecule has 2 unspecified atom stereocenters. The molecule has 2 aliphatic rings. The van der Waals surface area contributed by atoms with Crippen LogP contribution in [0.25, 0.3) is 10.9 Å². The summed E-state index contributed by atoms with van der Waals surface area (Å²) < 4.78 is 1.48. The van der Waals surface area contributed by atoms with Gasteiger partial charge in [0.15, 0.2) is 0 Å². The molecule has 286 valence electrons. The fourth-order valence-corrected chi connectivity index (χ4v) is 7.39. The minimum absolute atomic E-state index is 0.00917. The van der Waals surface area contributed by atoms with Crippen molar-refractivity contribution in [2.45, 2.75) is 108 Å². The molecule has 1 saturated carbocycles. The lowest BCUT2D eigenvalue weighted by molar-refractivity contribution is -0.142. The van der Waals surface area contributed by atoms with Gasteiger partial charge in [-0.2, -0.15) is 5.10 Å². The van der Waals surface area contributed by atoms with Gasteiger partial charge in [-0.1, -0.05) is 43.4 Å². The molecule has 18 heteroatoms. The van der Waals surface area contributed by atoms with Crippen molar-refractivity contribution in [3.05, 3.63) is 41.9 Å². The van der Waals surface area contributed by atoms with Crippen LogP contribution in [0.1, 0.15) is 100 Å². The highest BCUT2D eigenvalue weighted by Crippen LogP contribution is 2.34. The lowest BCUT2D eigenvalue weighted by Crippen LogP contribution is -2.56. The molecule has 1 aromatic carbocycles. The van der Waals surface area contributed by atoms with Crippen LogP contribution in [0.2, 0.25) is 0 Å². The van der Waals surface area contributed by atoms with Crippen LogP contribution in [0, 0.1) is 5.92 Å². The van der Waals surface area contributed by atoms with Gasteiger partial charge in [0.2, 0.25) is 17.6 Å². The van der Waals surface area contributed by atoms with Crippen LogP contribution in [0.15, 0.2) is 30.6 Å². The zero-order valence-electron chi connectivity index (χ0n) is 29.9. The Kier molecular flexibility index (Phi) is 12.4. The van der Waals surface area contributed by atoms with Crippen LogP contribution in [-0.4, -0.2) is 107 Å². The van der Waals surface area contributed by atoms with Crippen molar-refractivity contribution >= 4 is 46.4 Å². The lowest BCUT2D eigenvalue weighted by atomic mass is 9.84. The van der Waals surface area contributed by atoms with E-state index in [2.05, 4.69) is 36.5 Å². The molecular formula is C35H48N10O8. The number of hydrogen-bond donors (Lipinski definition) is 7. The van der Waals surface area contributed by atoms with Crippen LogP contribution in [0.4, 0.5) is 4.79 Å². The zero-order chi connectivity index (χ0) is 38.3. The SMILES string of the molecule is CC(C)(O)c1cnnn1[C@H]1C[C@@H](C(=O)NC(CCCCNC(=O)O)C(=O)C(N)=O)N(C(=O)C(CC2CCCCC2)NC(=O)c2cccc3[nH]ncc23)C1. The molecule has 3 heterocycles.